The van der Waals surface area contributed by atoms with Crippen molar-refractivity contribution in [1.29, 1.82) is 5.26 Å². The first-order valence-corrected chi connectivity index (χ1v) is 6.21. The number of benzene rings is 1. The van der Waals surface area contributed by atoms with Gasteiger partial charge in [0.05, 0.1) is 12.3 Å². The summed E-state index contributed by atoms with van der Waals surface area (Å²) in [5.41, 5.74) is 4.40. The molecule has 0 radical (unpaired) electrons. The van der Waals surface area contributed by atoms with Crippen molar-refractivity contribution in [3.63, 3.8) is 0 Å². The van der Waals surface area contributed by atoms with Gasteiger partial charge in [-0.1, -0.05) is 43.2 Å². The zero-order valence-corrected chi connectivity index (χ0v) is 11.2. The predicted octanol–water partition coefficient (Wildman–Crippen LogP) is 2.32. The lowest BCUT2D eigenvalue weighted by molar-refractivity contribution is 0.239. The number of hydrogen-bond acceptors (Lipinski definition) is 3. The first-order chi connectivity index (χ1) is 9.15. The van der Waals surface area contributed by atoms with E-state index in [2.05, 4.69) is 15.8 Å². The number of nitriles is 1. The topological polar surface area (TPSA) is 77.3 Å². The van der Waals surface area contributed by atoms with Crippen LogP contribution in [0.15, 0.2) is 29.4 Å². The number of carbonyl (C=O) groups excluding carboxylic acids is 1. The summed E-state index contributed by atoms with van der Waals surface area (Å²) in [7, 11) is 0. The van der Waals surface area contributed by atoms with Crippen molar-refractivity contribution in [2.75, 3.05) is 0 Å². The van der Waals surface area contributed by atoms with Gasteiger partial charge in [-0.3, -0.25) is 0 Å². The summed E-state index contributed by atoms with van der Waals surface area (Å²) in [6, 6.07) is 8.84. The van der Waals surface area contributed by atoms with Crippen LogP contribution >= 0.6 is 0 Å². The third-order valence-corrected chi connectivity index (χ3v) is 2.50. The lowest BCUT2D eigenvalue weighted by Gasteiger charge is -2.08. The van der Waals surface area contributed by atoms with Crippen LogP contribution in [-0.4, -0.2) is 18.3 Å². The number of hydrazone groups is 1. The highest BCUT2D eigenvalue weighted by atomic mass is 16.2. The maximum absolute atomic E-state index is 11.4. The van der Waals surface area contributed by atoms with E-state index in [0.717, 1.165) is 12.0 Å². The number of rotatable bonds is 5. The Morgan fingerprint density at radius 3 is 2.74 bits per heavy atom. The molecule has 0 aliphatic rings. The van der Waals surface area contributed by atoms with Gasteiger partial charge in [-0.2, -0.15) is 10.4 Å². The highest BCUT2D eigenvalue weighted by Gasteiger charge is 2.08. The molecule has 100 valence electrons. The van der Waals surface area contributed by atoms with Gasteiger partial charge in [0.2, 0.25) is 0 Å². The molecule has 1 atom stereocenters. The van der Waals surface area contributed by atoms with Gasteiger partial charge in [0.1, 0.15) is 6.04 Å². The van der Waals surface area contributed by atoms with Gasteiger partial charge in [0, 0.05) is 0 Å². The van der Waals surface area contributed by atoms with Crippen molar-refractivity contribution in [3.8, 4) is 6.07 Å². The summed E-state index contributed by atoms with van der Waals surface area (Å²) < 4.78 is 0. The number of amides is 2. The minimum Gasteiger partial charge on any atom is -0.321 e. The van der Waals surface area contributed by atoms with Crippen molar-refractivity contribution < 1.29 is 4.79 Å². The molecule has 0 aliphatic carbocycles. The Labute approximate surface area is 113 Å². The summed E-state index contributed by atoms with van der Waals surface area (Å²) in [6.45, 7) is 3.96. The molecule has 1 aromatic rings. The molecule has 0 spiro atoms. The molecule has 0 aromatic heterocycles. The summed E-state index contributed by atoms with van der Waals surface area (Å²) in [6.07, 6.45) is 3.02. The van der Waals surface area contributed by atoms with Crippen LogP contribution in [0.1, 0.15) is 30.9 Å². The van der Waals surface area contributed by atoms with Crippen LogP contribution in [0.3, 0.4) is 0 Å². The van der Waals surface area contributed by atoms with E-state index >= 15 is 0 Å². The highest BCUT2D eigenvalue weighted by Crippen LogP contribution is 1.99. The number of nitrogens with zero attached hydrogens (tertiary/aromatic N) is 2. The van der Waals surface area contributed by atoms with Gasteiger partial charge in [0.25, 0.3) is 0 Å². The lowest BCUT2D eigenvalue weighted by atomic mass is 10.2. The Bertz CT molecular complexity index is 473. The molecule has 5 nitrogen and oxygen atoms in total. The standard InChI is InChI=1S/C14H18N4O/c1-3-4-13(9-15)17-14(19)18-16-10-12-7-5-11(2)6-8-12/h5-8,10,13H,3-4H2,1-2H3,(H2,17,18,19). The molecule has 1 unspecified atom stereocenters. The minimum absolute atomic E-state index is 0.469. The normalized spacial score (nSPS) is 11.8. The molecule has 1 aromatic carbocycles. The monoisotopic (exact) mass is 258 g/mol. The van der Waals surface area contributed by atoms with Crippen LogP contribution in [0.4, 0.5) is 4.79 Å². The van der Waals surface area contributed by atoms with Crippen LogP contribution in [0.2, 0.25) is 0 Å². The van der Waals surface area contributed by atoms with Crippen LogP contribution in [-0.2, 0) is 0 Å². The highest BCUT2D eigenvalue weighted by molar-refractivity contribution is 5.82. The minimum atomic E-state index is -0.473. The molecule has 2 amide bonds. The largest absolute Gasteiger partial charge is 0.336 e. The zero-order chi connectivity index (χ0) is 14.1. The summed E-state index contributed by atoms with van der Waals surface area (Å²) in [4.78, 5) is 11.4. The average Bonchev–Trinajstić information content (AvgIpc) is 2.40. The molecule has 2 N–H and O–H groups in total. The Morgan fingerprint density at radius 1 is 1.47 bits per heavy atom. The van der Waals surface area contributed by atoms with Gasteiger partial charge in [-0.25, -0.2) is 10.2 Å². The molecule has 1 rings (SSSR count). The molecule has 0 heterocycles. The Kier molecular flexibility index (Phi) is 6.10. The van der Waals surface area contributed by atoms with E-state index < -0.39 is 12.1 Å². The Hall–Kier alpha value is -2.35. The second-order valence-corrected chi connectivity index (χ2v) is 4.22. The maximum atomic E-state index is 11.4. The molecular formula is C14H18N4O. The SMILES string of the molecule is CCCC(C#N)NC(=O)NN=Cc1ccc(C)cc1. The van der Waals surface area contributed by atoms with E-state index in [-0.39, 0.29) is 0 Å². The second-order valence-electron chi connectivity index (χ2n) is 4.22. The Morgan fingerprint density at radius 2 is 2.16 bits per heavy atom. The second kappa shape index (κ2) is 7.88. The fraction of sp³-hybridized carbons (Fsp3) is 0.357. The molecule has 0 fully saturated rings. The van der Waals surface area contributed by atoms with Gasteiger partial charge in [-0.05, 0) is 18.9 Å². The Balaban J connectivity index is 2.41. The number of hydrogen-bond donors (Lipinski definition) is 2. The summed E-state index contributed by atoms with van der Waals surface area (Å²) in [5.74, 6) is 0. The number of aryl methyl sites for hydroxylation is 1. The number of nitrogens with one attached hydrogen (secondary N) is 2. The van der Waals surface area contributed by atoms with Crippen molar-refractivity contribution in [1.82, 2.24) is 10.7 Å². The van der Waals surface area contributed by atoms with E-state index in [4.69, 9.17) is 5.26 Å². The van der Waals surface area contributed by atoms with Crippen molar-refractivity contribution in [2.45, 2.75) is 32.7 Å². The summed E-state index contributed by atoms with van der Waals surface area (Å²) >= 11 is 0. The first-order valence-electron chi connectivity index (χ1n) is 6.21. The maximum Gasteiger partial charge on any atom is 0.336 e. The van der Waals surface area contributed by atoms with Crippen molar-refractivity contribution in [3.05, 3.63) is 35.4 Å². The van der Waals surface area contributed by atoms with E-state index in [1.807, 2.05) is 44.2 Å². The first kappa shape index (κ1) is 14.7. The van der Waals surface area contributed by atoms with Crippen LogP contribution in [0.5, 0.6) is 0 Å². The summed E-state index contributed by atoms with van der Waals surface area (Å²) in [5, 5.41) is 15.2. The zero-order valence-electron chi connectivity index (χ0n) is 11.2. The molecule has 0 saturated heterocycles. The van der Waals surface area contributed by atoms with Crippen LogP contribution < -0.4 is 10.7 Å². The molecule has 0 aliphatic heterocycles. The van der Waals surface area contributed by atoms with E-state index in [9.17, 15) is 4.79 Å². The quantitative estimate of drug-likeness (QED) is 0.628. The molecule has 0 saturated carbocycles. The van der Waals surface area contributed by atoms with Gasteiger partial charge in [-0.15, -0.1) is 0 Å². The molecule has 0 bridgehead atoms. The van der Waals surface area contributed by atoms with E-state index in [1.165, 1.54) is 5.56 Å². The van der Waals surface area contributed by atoms with Gasteiger partial charge >= 0.3 is 6.03 Å². The lowest BCUT2D eigenvalue weighted by Crippen LogP contribution is -2.39. The number of urea groups is 1. The smallest absolute Gasteiger partial charge is 0.321 e. The van der Waals surface area contributed by atoms with Crippen LogP contribution in [0.25, 0.3) is 0 Å². The van der Waals surface area contributed by atoms with E-state index in [1.54, 1.807) is 6.21 Å². The van der Waals surface area contributed by atoms with Gasteiger partial charge in [0.15, 0.2) is 0 Å². The predicted molar refractivity (Wildman–Crippen MR) is 74.7 cm³/mol. The molecular weight excluding hydrogens is 240 g/mol. The fourth-order valence-corrected chi connectivity index (χ4v) is 1.47. The average molecular weight is 258 g/mol. The fourth-order valence-electron chi connectivity index (χ4n) is 1.47. The number of carbonyl (C=O) groups is 1. The molecule has 19 heavy (non-hydrogen) atoms. The van der Waals surface area contributed by atoms with Crippen LogP contribution in [0, 0.1) is 18.3 Å². The third-order valence-electron chi connectivity index (χ3n) is 2.50. The van der Waals surface area contributed by atoms with Crippen molar-refractivity contribution >= 4 is 12.2 Å². The third kappa shape index (κ3) is 5.68. The van der Waals surface area contributed by atoms with Crippen molar-refractivity contribution in [2.24, 2.45) is 5.10 Å². The van der Waals surface area contributed by atoms with Gasteiger partial charge < -0.3 is 5.32 Å². The van der Waals surface area contributed by atoms with E-state index in [0.29, 0.717) is 6.42 Å². The molecule has 5 heteroatoms.